The van der Waals surface area contributed by atoms with Crippen LogP contribution in [0.1, 0.15) is 26.3 Å². The highest BCUT2D eigenvalue weighted by atomic mass is 32.2. The highest BCUT2D eigenvalue weighted by Gasteiger charge is 2.12. The average Bonchev–Trinajstić information content (AvgIpc) is 2.26. The molecule has 1 rings (SSSR count). The number of hydrogen-bond donors (Lipinski definition) is 1. The fourth-order valence-electron chi connectivity index (χ4n) is 1.18. The van der Waals surface area contributed by atoms with E-state index < -0.39 is 10.0 Å². The van der Waals surface area contributed by atoms with Crippen LogP contribution in [0.4, 0.5) is 0 Å². The summed E-state index contributed by atoms with van der Waals surface area (Å²) in [6.07, 6.45) is 0. The normalized spacial score (nSPS) is 11.3. The summed E-state index contributed by atoms with van der Waals surface area (Å²) in [4.78, 5) is 0.310. The lowest BCUT2D eigenvalue weighted by Gasteiger charge is -2.08. The van der Waals surface area contributed by atoms with Gasteiger partial charge in [0, 0.05) is 6.54 Å². The summed E-state index contributed by atoms with van der Waals surface area (Å²) in [6.45, 7) is 8.15. The van der Waals surface area contributed by atoms with Crippen molar-refractivity contribution >= 4 is 10.0 Å². The number of sulfonamides is 1. The van der Waals surface area contributed by atoms with Gasteiger partial charge in [0.2, 0.25) is 10.0 Å². The van der Waals surface area contributed by atoms with E-state index in [1.54, 1.807) is 24.3 Å². The van der Waals surface area contributed by atoms with Crippen molar-refractivity contribution in [2.75, 3.05) is 6.54 Å². The molecule has 0 atom stereocenters. The number of aryl methyl sites for hydroxylation is 1. The molecule has 1 aromatic rings. The molecule has 0 heterocycles. The Kier molecular flexibility index (Phi) is 4.48. The smallest absolute Gasteiger partial charge is 0.207 e. The molecule has 0 unspecified atom stereocenters. The van der Waals surface area contributed by atoms with Gasteiger partial charge in [-0.25, -0.2) is 13.1 Å². The van der Waals surface area contributed by atoms with E-state index in [1.165, 1.54) is 0 Å². The first kappa shape index (κ1) is 13.9. The summed E-state index contributed by atoms with van der Waals surface area (Å²) < 4.78 is 26.5. The Hall–Kier alpha value is -1.13. The summed E-state index contributed by atoms with van der Waals surface area (Å²) in [5.74, 6) is 0. The number of benzene rings is 1. The third-order valence-corrected chi connectivity index (χ3v) is 4.13. The van der Waals surface area contributed by atoms with Crippen molar-refractivity contribution in [1.29, 1.82) is 0 Å². The third-order valence-electron chi connectivity index (χ3n) is 2.71. The second kappa shape index (κ2) is 5.47. The van der Waals surface area contributed by atoms with Crippen LogP contribution < -0.4 is 4.72 Å². The van der Waals surface area contributed by atoms with Crippen LogP contribution in [-0.2, 0) is 10.0 Å². The van der Waals surface area contributed by atoms with Crippen LogP contribution in [0.5, 0.6) is 0 Å². The maximum atomic E-state index is 11.9. The van der Waals surface area contributed by atoms with Crippen molar-refractivity contribution in [3.63, 3.8) is 0 Å². The zero-order chi connectivity index (χ0) is 13.1. The van der Waals surface area contributed by atoms with E-state index in [-0.39, 0.29) is 0 Å². The van der Waals surface area contributed by atoms with Gasteiger partial charge in [-0.2, -0.15) is 0 Å². The molecule has 0 saturated heterocycles. The van der Waals surface area contributed by atoms with Gasteiger partial charge in [0.15, 0.2) is 0 Å². The Labute approximate surface area is 104 Å². The number of allylic oxidation sites excluding steroid dienone is 1. The lowest BCUT2D eigenvalue weighted by molar-refractivity contribution is 0.584. The zero-order valence-corrected chi connectivity index (χ0v) is 11.6. The van der Waals surface area contributed by atoms with Crippen LogP contribution >= 0.6 is 0 Å². The van der Waals surface area contributed by atoms with Crippen molar-refractivity contribution in [2.24, 2.45) is 0 Å². The van der Waals surface area contributed by atoms with Crippen molar-refractivity contribution < 1.29 is 8.42 Å². The SMILES string of the molecule is CC(C)=C(C)CNS(=O)(=O)c1ccc(C)cc1. The Bertz CT molecular complexity index is 509. The topological polar surface area (TPSA) is 46.2 Å². The molecule has 17 heavy (non-hydrogen) atoms. The summed E-state index contributed by atoms with van der Waals surface area (Å²) in [5.41, 5.74) is 3.22. The van der Waals surface area contributed by atoms with E-state index in [4.69, 9.17) is 0 Å². The Morgan fingerprint density at radius 2 is 1.65 bits per heavy atom. The molecule has 0 aromatic heterocycles. The molecule has 1 N–H and O–H groups in total. The lowest BCUT2D eigenvalue weighted by atomic mass is 10.2. The first-order chi connectivity index (χ1) is 7.83. The average molecular weight is 253 g/mol. The van der Waals surface area contributed by atoms with Crippen molar-refractivity contribution in [1.82, 2.24) is 4.72 Å². The second-order valence-electron chi connectivity index (χ2n) is 4.42. The molecule has 94 valence electrons. The number of hydrogen-bond acceptors (Lipinski definition) is 2. The first-order valence-corrected chi connectivity index (χ1v) is 7.00. The molecule has 0 amide bonds. The van der Waals surface area contributed by atoms with E-state index in [1.807, 2.05) is 27.7 Å². The Morgan fingerprint density at radius 3 is 2.12 bits per heavy atom. The number of rotatable bonds is 4. The van der Waals surface area contributed by atoms with Gasteiger partial charge in [-0.3, -0.25) is 0 Å². The summed E-state index contributed by atoms with van der Waals surface area (Å²) >= 11 is 0. The monoisotopic (exact) mass is 253 g/mol. The van der Waals surface area contributed by atoms with Gasteiger partial charge in [-0.1, -0.05) is 28.8 Å². The van der Waals surface area contributed by atoms with Gasteiger partial charge in [0.05, 0.1) is 4.90 Å². The zero-order valence-electron chi connectivity index (χ0n) is 10.7. The van der Waals surface area contributed by atoms with Crippen LogP contribution in [0.25, 0.3) is 0 Å². The quantitative estimate of drug-likeness (QED) is 0.838. The molecular formula is C13H19NO2S. The summed E-state index contributed by atoms with van der Waals surface area (Å²) in [6, 6.07) is 6.83. The minimum Gasteiger partial charge on any atom is -0.207 e. The largest absolute Gasteiger partial charge is 0.240 e. The fourth-order valence-corrected chi connectivity index (χ4v) is 2.25. The summed E-state index contributed by atoms with van der Waals surface area (Å²) in [5, 5.41) is 0. The van der Waals surface area contributed by atoms with Crippen molar-refractivity contribution in [3.8, 4) is 0 Å². The number of nitrogens with one attached hydrogen (secondary N) is 1. The molecule has 4 heteroatoms. The van der Waals surface area contributed by atoms with E-state index in [9.17, 15) is 8.42 Å². The van der Waals surface area contributed by atoms with E-state index in [2.05, 4.69) is 4.72 Å². The second-order valence-corrected chi connectivity index (χ2v) is 6.18. The van der Waals surface area contributed by atoms with Gasteiger partial charge < -0.3 is 0 Å². The van der Waals surface area contributed by atoms with Gasteiger partial charge in [0.1, 0.15) is 0 Å². The minimum absolute atomic E-state index is 0.310. The van der Waals surface area contributed by atoms with Gasteiger partial charge >= 0.3 is 0 Å². The third kappa shape index (κ3) is 3.98. The predicted octanol–water partition coefficient (Wildman–Crippen LogP) is 2.63. The van der Waals surface area contributed by atoms with Crippen molar-refractivity contribution in [3.05, 3.63) is 41.0 Å². The molecule has 0 bridgehead atoms. The molecule has 0 fully saturated rings. The van der Waals surface area contributed by atoms with Gasteiger partial charge in [0.25, 0.3) is 0 Å². The highest BCUT2D eigenvalue weighted by Crippen LogP contribution is 2.10. The minimum atomic E-state index is -3.39. The molecule has 1 aromatic carbocycles. The van der Waals surface area contributed by atoms with Crippen LogP contribution in [0.3, 0.4) is 0 Å². The summed E-state index contributed by atoms with van der Waals surface area (Å²) in [7, 11) is -3.39. The molecular weight excluding hydrogens is 234 g/mol. The molecule has 0 aliphatic heterocycles. The van der Waals surface area contributed by atoms with Crippen LogP contribution in [0, 0.1) is 6.92 Å². The molecule has 0 aliphatic carbocycles. The maximum absolute atomic E-state index is 11.9. The highest BCUT2D eigenvalue weighted by molar-refractivity contribution is 7.89. The maximum Gasteiger partial charge on any atom is 0.240 e. The Balaban J connectivity index is 2.83. The molecule has 0 spiro atoms. The van der Waals surface area contributed by atoms with Crippen LogP contribution in [0.2, 0.25) is 0 Å². The predicted molar refractivity (Wildman–Crippen MR) is 70.4 cm³/mol. The fraction of sp³-hybridized carbons (Fsp3) is 0.385. The van der Waals surface area contributed by atoms with Crippen LogP contribution in [0.15, 0.2) is 40.3 Å². The molecule has 0 aliphatic rings. The van der Waals surface area contributed by atoms with Crippen LogP contribution in [-0.4, -0.2) is 15.0 Å². The first-order valence-electron chi connectivity index (χ1n) is 5.52. The van der Waals surface area contributed by atoms with Gasteiger partial charge in [-0.05, 0) is 39.8 Å². The van der Waals surface area contributed by atoms with E-state index in [0.29, 0.717) is 11.4 Å². The molecule has 3 nitrogen and oxygen atoms in total. The van der Waals surface area contributed by atoms with Crippen molar-refractivity contribution in [2.45, 2.75) is 32.6 Å². The Morgan fingerprint density at radius 1 is 1.12 bits per heavy atom. The standard InChI is InChI=1S/C13H19NO2S/c1-10(2)12(4)9-14-17(15,16)13-7-5-11(3)6-8-13/h5-8,14H,9H2,1-4H3. The molecule has 0 radical (unpaired) electrons. The van der Waals surface area contributed by atoms with E-state index >= 15 is 0 Å². The molecule has 0 saturated carbocycles. The van der Waals surface area contributed by atoms with E-state index in [0.717, 1.165) is 16.7 Å². The lowest BCUT2D eigenvalue weighted by Crippen LogP contribution is -2.25. The van der Waals surface area contributed by atoms with Gasteiger partial charge in [-0.15, -0.1) is 0 Å².